The van der Waals surface area contributed by atoms with E-state index in [4.69, 9.17) is 20.3 Å². The molecule has 0 saturated carbocycles. The number of nitrogens with two attached hydrogens (primary N) is 1. The van der Waals surface area contributed by atoms with Gasteiger partial charge in [-0.3, -0.25) is 4.79 Å². The van der Waals surface area contributed by atoms with Gasteiger partial charge in [0.2, 0.25) is 5.91 Å². The normalized spacial score (nSPS) is 12.1. The van der Waals surface area contributed by atoms with Crippen LogP contribution in [0.15, 0.2) is 60.7 Å². The number of halogens is 2. The molecule has 232 valence electrons. The lowest BCUT2D eigenvalue weighted by Gasteiger charge is -2.20. The topological polar surface area (TPSA) is 167 Å². The van der Waals surface area contributed by atoms with Crippen LogP contribution in [0.5, 0.6) is 0 Å². The Bertz CT molecular complexity index is 1190. The maximum absolute atomic E-state index is 12.8. The van der Waals surface area contributed by atoms with Gasteiger partial charge in [0.1, 0.15) is 11.2 Å². The molecule has 0 fully saturated rings. The number of hydrogen-bond donors (Lipinski definition) is 4. The van der Waals surface area contributed by atoms with Gasteiger partial charge in [-0.25, -0.2) is 23.2 Å². The van der Waals surface area contributed by atoms with Crippen LogP contribution >= 0.6 is 0 Å². The van der Waals surface area contributed by atoms with Crippen molar-refractivity contribution in [3.8, 4) is 0 Å². The number of aromatic carboxylic acids is 1. The summed E-state index contributed by atoms with van der Waals surface area (Å²) in [6.45, 7) is 10.7. The van der Waals surface area contributed by atoms with Gasteiger partial charge in [0.25, 0.3) is 0 Å². The van der Waals surface area contributed by atoms with Crippen LogP contribution in [-0.2, 0) is 22.6 Å². The summed E-state index contributed by atoms with van der Waals surface area (Å²) >= 11 is 0. The van der Waals surface area contributed by atoms with Crippen molar-refractivity contribution in [2.45, 2.75) is 65.8 Å². The molecule has 0 aliphatic heterocycles. The van der Waals surface area contributed by atoms with Crippen LogP contribution in [0.25, 0.3) is 0 Å². The molecule has 2 aromatic rings. The molecule has 0 spiro atoms. The molecule has 2 rings (SSSR count). The SMILES string of the molecule is CC(C)(C)OC(=O)NC/C(=C\F)Cn1ccc(C(=O)O)c1.CC(C)(C)OC(=O)NC/C(=C\F)Cn1ccc(C(N)=O)c1. The molecule has 0 aliphatic carbocycles. The first-order valence-electron chi connectivity index (χ1n) is 12.8. The fraction of sp³-hybridized carbons (Fsp3) is 0.429. The van der Waals surface area contributed by atoms with Gasteiger partial charge in [-0.1, -0.05) is 0 Å². The Hall–Kier alpha value is -4.62. The predicted molar refractivity (Wildman–Crippen MR) is 151 cm³/mol. The second kappa shape index (κ2) is 16.0. The molecule has 3 amide bonds. The molecule has 0 radical (unpaired) electrons. The van der Waals surface area contributed by atoms with Crippen LogP contribution in [0.4, 0.5) is 18.4 Å². The second-order valence-corrected chi connectivity index (χ2v) is 11.1. The number of aromatic nitrogens is 2. The van der Waals surface area contributed by atoms with Crippen LogP contribution in [0, 0.1) is 0 Å². The maximum atomic E-state index is 12.8. The molecule has 0 saturated heterocycles. The van der Waals surface area contributed by atoms with Gasteiger partial charge in [0.05, 0.1) is 23.8 Å². The van der Waals surface area contributed by atoms with Crippen LogP contribution < -0.4 is 16.4 Å². The molecule has 12 nitrogen and oxygen atoms in total. The highest BCUT2D eigenvalue weighted by atomic mass is 19.1. The first-order chi connectivity index (χ1) is 19.4. The quantitative estimate of drug-likeness (QED) is 0.313. The number of amides is 3. The Morgan fingerprint density at radius 3 is 1.48 bits per heavy atom. The van der Waals surface area contributed by atoms with Crippen molar-refractivity contribution >= 4 is 24.1 Å². The van der Waals surface area contributed by atoms with E-state index in [0.717, 1.165) is 0 Å². The summed E-state index contributed by atoms with van der Waals surface area (Å²) < 4.78 is 38.9. The van der Waals surface area contributed by atoms with E-state index in [1.54, 1.807) is 58.4 Å². The Balaban J connectivity index is 0.000000420. The third-order valence-electron chi connectivity index (χ3n) is 4.83. The van der Waals surface area contributed by atoms with Gasteiger partial charge < -0.3 is 40.1 Å². The molecule has 14 heteroatoms. The van der Waals surface area contributed by atoms with E-state index in [-0.39, 0.29) is 37.3 Å². The molecule has 0 aliphatic rings. The standard InChI is InChI=1S/C14H20FN3O3.C14H19FN2O4/c1-14(2,3)21-13(20)17-7-10(6-15)8-18-5-4-11(9-18)12(16)19;1-14(2,3)21-13(20)16-7-10(6-15)8-17-5-4-11(9-17)12(18)19/h4-6,9H,7-8H2,1-3H3,(H2,16,19)(H,17,20);4-6,9H,7-8H2,1-3H3,(H,16,20)(H,18,19)/b2*10-6+. The van der Waals surface area contributed by atoms with Crippen LogP contribution in [0.2, 0.25) is 0 Å². The average Bonchev–Trinajstić information content (AvgIpc) is 3.52. The van der Waals surface area contributed by atoms with Crippen molar-refractivity contribution in [1.82, 2.24) is 19.8 Å². The Kier molecular flexibility index (Phi) is 13.5. The maximum Gasteiger partial charge on any atom is 0.407 e. The molecule has 0 aromatic carbocycles. The zero-order valence-electron chi connectivity index (χ0n) is 24.6. The van der Waals surface area contributed by atoms with E-state index in [9.17, 15) is 28.0 Å². The average molecular weight is 596 g/mol. The first-order valence-corrected chi connectivity index (χ1v) is 12.8. The van der Waals surface area contributed by atoms with Crippen molar-refractivity contribution in [3.05, 3.63) is 71.9 Å². The van der Waals surface area contributed by atoms with Gasteiger partial charge in [-0.15, -0.1) is 0 Å². The number of carboxylic acids is 1. The number of carboxylic acid groups (broad SMARTS) is 1. The van der Waals surface area contributed by atoms with Crippen molar-refractivity contribution in [3.63, 3.8) is 0 Å². The van der Waals surface area contributed by atoms with Gasteiger partial charge in [-0.05, 0) is 64.8 Å². The molecule has 0 unspecified atom stereocenters. The van der Waals surface area contributed by atoms with Crippen molar-refractivity contribution < 1.29 is 42.5 Å². The lowest BCUT2D eigenvalue weighted by atomic mass is 10.2. The number of rotatable bonds is 10. The van der Waals surface area contributed by atoms with E-state index in [0.29, 0.717) is 23.8 Å². The second-order valence-electron chi connectivity index (χ2n) is 11.1. The van der Waals surface area contributed by atoms with Crippen LogP contribution in [0.1, 0.15) is 62.3 Å². The fourth-order valence-electron chi connectivity index (χ4n) is 3.08. The zero-order chi connectivity index (χ0) is 32.1. The molecule has 5 N–H and O–H groups in total. The third-order valence-corrected chi connectivity index (χ3v) is 4.83. The van der Waals surface area contributed by atoms with E-state index >= 15 is 0 Å². The Morgan fingerprint density at radius 2 is 1.19 bits per heavy atom. The molecule has 0 bridgehead atoms. The first kappa shape index (κ1) is 35.4. The predicted octanol–water partition coefficient (Wildman–Crippen LogP) is 4.53. The number of carbonyl (C=O) groups is 4. The lowest BCUT2D eigenvalue weighted by molar-refractivity contribution is 0.0520. The number of alkyl carbamates (subject to hydrolysis) is 2. The summed E-state index contributed by atoms with van der Waals surface area (Å²) in [6, 6.07) is 2.96. The van der Waals surface area contributed by atoms with Gasteiger partial charge in [0.15, 0.2) is 0 Å². The summed E-state index contributed by atoms with van der Waals surface area (Å²) in [7, 11) is 0. The van der Waals surface area contributed by atoms with Crippen molar-refractivity contribution in [2.75, 3.05) is 13.1 Å². The summed E-state index contributed by atoms with van der Waals surface area (Å²) in [5, 5.41) is 13.7. The third kappa shape index (κ3) is 14.7. The van der Waals surface area contributed by atoms with Crippen molar-refractivity contribution in [1.29, 1.82) is 0 Å². The van der Waals surface area contributed by atoms with E-state index in [2.05, 4.69) is 10.6 Å². The number of primary amides is 1. The number of hydrogen-bond acceptors (Lipinski definition) is 6. The number of nitrogens with one attached hydrogen (secondary N) is 2. The fourth-order valence-corrected chi connectivity index (χ4v) is 3.08. The van der Waals surface area contributed by atoms with Crippen LogP contribution in [0.3, 0.4) is 0 Å². The summed E-state index contributed by atoms with van der Waals surface area (Å²) in [6.07, 6.45) is 5.59. The van der Waals surface area contributed by atoms with Gasteiger partial charge >= 0.3 is 18.2 Å². The highest BCUT2D eigenvalue weighted by Gasteiger charge is 2.17. The number of nitrogens with zero attached hydrogens (tertiary/aromatic N) is 2. The molecule has 42 heavy (non-hydrogen) atoms. The molecule has 2 heterocycles. The minimum absolute atomic E-state index is 0.00942. The summed E-state index contributed by atoms with van der Waals surface area (Å²) in [5.41, 5.74) is 4.97. The molecular formula is C28H39F2N5O7. The summed E-state index contributed by atoms with van der Waals surface area (Å²) in [4.78, 5) is 44.6. The Labute approximate surface area is 243 Å². The van der Waals surface area contributed by atoms with E-state index in [1.807, 2.05) is 0 Å². The van der Waals surface area contributed by atoms with Crippen LogP contribution in [-0.4, -0.2) is 62.6 Å². The summed E-state index contributed by atoms with van der Waals surface area (Å²) in [5.74, 6) is -1.60. The van der Waals surface area contributed by atoms with Crippen molar-refractivity contribution in [2.24, 2.45) is 5.73 Å². The number of ether oxygens (including phenoxy) is 2. The lowest BCUT2D eigenvalue weighted by Crippen LogP contribution is -2.33. The van der Waals surface area contributed by atoms with E-state index < -0.39 is 35.3 Å². The minimum Gasteiger partial charge on any atom is -0.478 e. The van der Waals surface area contributed by atoms with Gasteiger partial charge in [-0.2, -0.15) is 0 Å². The smallest absolute Gasteiger partial charge is 0.407 e. The molecule has 2 aromatic heterocycles. The Morgan fingerprint density at radius 1 is 0.810 bits per heavy atom. The monoisotopic (exact) mass is 595 g/mol. The largest absolute Gasteiger partial charge is 0.478 e. The molecular weight excluding hydrogens is 556 g/mol. The van der Waals surface area contributed by atoms with E-state index in [1.165, 1.54) is 29.2 Å². The highest BCUT2D eigenvalue weighted by molar-refractivity contribution is 5.92. The molecule has 0 atom stereocenters. The minimum atomic E-state index is -1.05. The van der Waals surface area contributed by atoms with Gasteiger partial charge in [0, 0.05) is 51.0 Å². The number of carbonyl (C=O) groups excluding carboxylic acids is 3. The zero-order valence-corrected chi connectivity index (χ0v) is 24.6. The highest BCUT2D eigenvalue weighted by Crippen LogP contribution is 2.10.